The first-order chi connectivity index (χ1) is 15.5. The topological polar surface area (TPSA) is 104 Å². The van der Waals surface area contributed by atoms with Crippen molar-refractivity contribution in [2.75, 3.05) is 25.0 Å². The van der Waals surface area contributed by atoms with Crippen molar-refractivity contribution in [3.63, 3.8) is 0 Å². The Balaban J connectivity index is 1.38. The quantitative estimate of drug-likeness (QED) is 0.423. The zero-order chi connectivity index (χ0) is 22.5. The lowest BCUT2D eigenvalue weighted by Crippen LogP contribution is -2.42. The lowest BCUT2D eigenvalue weighted by molar-refractivity contribution is 0.206. The van der Waals surface area contributed by atoms with Crippen molar-refractivity contribution in [2.45, 2.75) is 26.2 Å². The number of benzene rings is 2. The predicted octanol–water partition coefficient (Wildman–Crippen LogP) is 3.68. The van der Waals surface area contributed by atoms with E-state index in [0.717, 1.165) is 44.3 Å². The van der Waals surface area contributed by atoms with E-state index in [4.69, 9.17) is 5.73 Å². The van der Waals surface area contributed by atoms with E-state index < -0.39 is 6.03 Å². The molecule has 4 rings (SSSR count). The second kappa shape index (κ2) is 9.78. The molecule has 2 amide bonds. The highest BCUT2D eigenvalue weighted by Crippen LogP contribution is 2.21. The number of piperidine rings is 1. The van der Waals surface area contributed by atoms with Gasteiger partial charge in [0.15, 0.2) is 0 Å². The van der Waals surface area contributed by atoms with Crippen LogP contribution in [0, 0.1) is 12.8 Å². The van der Waals surface area contributed by atoms with Crippen LogP contribution >= 0.6 is 0 Å². The SMILES string of the molecule is Cc1cccc(CCN2CCCC(/C(N)=N/C(=O)Nc3cccc4ccc(=O)[nH]c34)C2)c1. The fourth-order valence-corrected chi connectivity index (χ4v) is 4.29. The molecule has 1 fully saturated rings. The van der Waals surface area contributed by atoms with Crippen LogP contribution in [0.5, 0.6) is 0 Å². The van der Waals surface area contributed by atoms with E-state index in [0.29, 0.717) is 17.0 Å². The van der Waals surface area contributed by atoms with Crippen molar-refractivity contribution in [1.82, 2.24) is 9.88 Å². The second-order valence-corrected chi connectivity index (χ2v) is 8.44. The summed E-state index contributed by atoms with van der Waals surface area (Å²) in [7, 11) is 0. The number of aliphatic imine (C=N–C) groups is 1. The van der Waals surface area contributed by atoms with Crippen LogP contribution in [-0.4, -0.2) is 41.4 Å². The number of hydrogen-bond donors (Lipinski definition) is 3. The summed E-state index contributed by atoms with van der Waals surface area (Å²) in [4.78, 5) is 33.5. The van der Waals surface area contributed by atoms with E-state index in [2.05, 4.69) is 51.4 Å². The molecule has 0 aliphatic carbocycles. The molecule has 0 spiro atoms. The van der Waals surface area contributed by atoms with Gasteiger partial charge < -0.3 is 20.9 Å². The third-order valence-corrected chi connectivity index (χ3v) is 5.95. The minimum absolute atomic E-state index is 0.0549. The average Bonchev–Trinajstić information content (AvgIpc) is 2.78. The van der Waals surface area contributed by atoms with Crippen molar-refractivity contribution in [2.24, 2.45) is 16.6 Å². The normalized spacial score (nSPS) is 17.4. The van der Waals surface area contributed by atoms with Crippen LogP contribution < -0.4 is 16.6 Å². The molecule has 3 aromatic rings. The number of pyridine rings is 1. The Morgan fingerprint density at radius 3 is 2.91 bits per heavy atom. The van der Waals surface area contributed by atoms with Crippen LogP contribution in [0.1, 0.15) is 24.0 Å². The van der Waals surface area contributed by atoms with Gasteiger partial charge in [0.1, 0.15) is 5.84 Å². The summed E-state index contributed by atoms with van der Waals surface area (Å²) in [5.41, 5.74) is 9.69. The molecule has 2 aromatic carbocycles. The molecular formula is C25H29N5O2. The summed E-state index contributed by atoms with van der Waals surface area (Å²) >= 11 is 0. The monoisotopic (exact) mass is 431 g/mol. The van der Waals surface area contributed by atoms with Crippen molar-refractivity contribution >= 4 is 28.5 Å². The Hall–Kier alpha value is -3.45. The van der Waals surface area contributed by atoms with Gasteiger partial charge in [-0.2, -0.15) is 4.99 Å². The van der Waals surface area contributed by atoms with Crippen LogP contribution in [0.2, 0.25) is 0 Å². The molecule has 0 bridgehead atoms. The van der Waals surface area contributed by atoms with Gasteiger partial charge >= 0.3 is 6.03 Å². The lowest BCUT2D eigenvalue weighted by Gasteiger charge is -2.32. The summed E-state index contributed by atoms with van der Waals surface area (Å²) < 4.78 is 0. The molecule has 1 unspecified atom stereocenters. The summed E-state index contributed by atoms with van der Waals surface area (Å²) in [6, 6.07) is 16.6. The highest BCUT2D eigenvalue weighted by atomic mass is 16.2. The van der Waals surface area contributed by atoms with Crippen LogP contribution in [0.3, 0.4) is 0 Å². The van der Waals surface area contributed by atoms with Crippen molar-refractivity contribution < 1.29 is 4.79 Å². The Morgan fingerprint density at radius 1 is 1.22 bits per heavy atom. The maximum absolute atomic E-state index is 12.5. The maximum Gasteiger partial charge on any atom is 0.347 e. The van der Waals surface area contributed by atoms with Gasteiger partial charge in [-0.3, -0.25) is 4.79 Å². The van der Waals surface area contributed by atoms with Crippen LogP contribution in [-0.2, 0) is 6.42 Å². The predicted molar refractivity (Wildman–Crippen MR) is 129 cm³/mol. The molecule has 1 aliphatic heterocycles. The summed E-state index contributed by atoms with van der Waals surface area (Å²) in [6.07, 6.45) is 2.94. The number of nitrogens with one attached hydrogen (secondary N) is 2. The molecule has 0 radical (unpaired) electrons. The van der Waals surface area contributed by atoms with Gasteiger partial charge in [-0.05, 0) is 50.4 Å². The van der Waals surface area contributed by atoms with Crippen molar-refractivity contribution in [3.8, 4) is 0 Å². The molecule has 7 nitrogen and oxygen atoms in total. The van der Waals surface area contributed by atoms with Crippen molar-refractivity contribution in [3.05, 3.63) is 76.1 Å². The van der Waals surface area contributed by atoms with Gasteiger partial charge in [-0.15, -0.1) is 0 Å². The summed E-state index contributed by atoms with van der Waals surface area (Å²) in [5.74, 6) is 0.413. The third kappa shape index (κ3) is 5.42. The highest BCUT2D eigenvalue weighted by molar-refractivity contribution is 6.04. The standard InChI is InChI=1S/C25H29N5O2/c1-17-5-2-6-18(15-17)12-14-30-13-4-8-20(16-30)24(26)29-25(32)27-21-9-3-7-19-10-11-22(31)28-23(19)21/h2-3,5-7,9-11,15,20H,4,8,12-14,16H2,1H3,(H,28,31)(H3,26,27,29,32). The molecular weight excluding hydrogens is 402 g/mol. The number of nitrogens with two attached hydrogens (primary N) is 1. The van der Waals surface area contributed by atoms with Crippen LogP contribution in [0.4, 0.5) is 10.5 Å². The number of carbonyl (C=O) groups excluding carboxylic acids is 1. The number of H-pyrrole nitrogens is 1. The van der Waals surface area contributed by atoms with E-state index in [9.17, 15) is 9.59 Å². The number of hydrogen-bond acceptors (Lipinski definition) is 3. The minimum atomic E-state index is -0.531. The fourth-order valence-electron chi connectivity index (χ4n) is 4.29. The molecule has 0 saturated carbocycles. The summed E-state index contributed by atoms with van der Waals surface area (Å²) in [5, 5.41) is 3.58. The Labute approximate surface area is 187 Å². The van der Waals surface area contributed by atoms with Gasteiger partial charge in [-0.1, -0.05) is 42.0 Å². The number of likely N-dealkylation sites (tertiary alicyclic amines) is 1. The van der Waals surface area contributed by atoms with E-state index in [1.165, 1.54) is 17.2 Å². The Bertz CT molecular complexity index is 1200. The molecule has 32 heavy (non-hydrogen) atoms. The van der Waals surface area contributed by atoms with E-state index in [-0.39, 0.29) is 11.5 Å². The van der Waals surface area contributed by atoms with Crippen molar-refractivity contribution in [1.29, 1.82) is 0 Å². The molecule has 1 aromatic heterocycles. The van der Waals surface area contributed by atoms with Gasteiger partial charge in [0.2, 0.25) is 5.56 Å². The van der Waals surface area contributed by atoms with Crippen LogP contribution in [0.25, 0.3) is 10.9 Å². The number of nitrogens with zero attached hydrogens (tertiary/aromatic N) is 2. The number of aromatic amines is 1. The third-order valence-electron chi connectivity index (χ3n) is 5.95. The van der Waals surface area contributed by atoms with E-state index >= 15 is 0 Å². The van der Waals surface area contributed by atoms with Gasteiger partial charge in [0.05, 0.1) is 11.2 Å². The number of para-hydroxylation sites is 1. The van der Waals surface area contributed by atoms with Gasteiger partial charge in [-0.25, -0.2) is 4.79 Å². The first kappa shape index (κ1) is 21.8. The highest BCUT2D eigenvalue weighted by Gasteiger charge is 2.23. The molecule has 4 N–H and O–H groups in total. The zero-order valence-corrected chi connectivity index (χ0v) is 18.3. The summed E-state index contributed by atoms with van der Waals surface area (Å²) in [6.45, 7) is 4.91. The number of amidine groups is 1. The van der Waals surface area contributed by atoms with E-state index in [1.807, 2.05) is 12.1 Å². The number of aryl methyl sites for hydroxylation is 1. The zero-order valence-electron chi connectivity index (χ0n) is 18.3. The largest absolute Gasteiger partial charge is 0.387 e. The Morgan fingerprint density at radius 2 is 2.06 bits per heavy atom. The first-order valence-electron chi connectivity index (χ1n) is 11.0. The smallest absolute Gasteiger partial charge is 0.347 e. The molecule has 2 heterocycles. The lowest BCUT2D eigenvalue weighted by atomic mass is 9.96. The number of aromatic nitrogens is 1. The average molecular weight is 432 g/mol. The maximum atomic E-state index is 12.5. The van der Waals surface area contributed by atoms with Gasteiger partial charge in [0, 0.05) is 30.5 Å². The van der Waals surface area contributed by atoms with E-state index in [1.54, 1.807) is 12.1 Å². The molecule has 7 heteroatoms. The fraction of sp³-hybridized carbons (Fsp3) is 0.320. The second-order valence-electron chi connectivity index (χ2n) is 8.44. The number of amides is 2. The first-order valence-corrected chi connectivity index (χ1v) is 11.0. The molecule has 1 aliphatic rings. The Kier molecular flexibility index (Phi) is 6.66. The van der Waals surface area contributed by atoms with Gasteiger partial charge in [0.25, 0.3) is 0 Å². The number of carbonyl (C=O) groups is 1. The molecule has 1 atom stereocenters. The number of urea groups is 1. The number of fused-ring (bicyclic) bond motifs is 1. The number of anilines is 1. The molecule has 166 valence electrons. The molecule has 1 saturated heterocycles. The van der Waals surface area contributed by atoms with Crippen LogP contribution in [0.15, 0.2) is 64.4 Å². The number of rotatable bonds is 5. The minimum Gasteiger partial charge on any atom is -0.387 e.